The molecule has 0 N–H and O–H groups in total. The van der Waals surface area contributed by atoms with Crippen LogP contribution in [0.15, 0.2) is 35.4 Å². The number of carbonyl (C=O) groups is 1. The summed E-state index contributed by atoms with van der Waals surface area (Å²) in [5.74, 6) is 0.825. The zero-order chi connectivity index (χ0) is 22.0. The first-order valence-corrected chi connectivity index (χ1v) is 11.4. The minimum absolute atomic E-state index is 0.0286. The van der Waals surface area contributed by atoms with Crippen LogP contribution in [0.1, 0.15) is 22.4 Å². The molecule has 1 fully saturated rings. The summed E-state index contributed by atoms with van der Waals surface area (Å²) >= 11 is 1.52. The molecule has 3 heterocycles. The summed E-state index contributed by atoms with van der Waals surface area (Å²) < 4.78 is 6.67. The number of hydrogen-bond acceptors (Lipinski definition) is 6. The van der Waals surface area contributed by atoms with Crippen LogP contribution in [-0.2, 0) is 17.9 Å². The number of aryl methyl sites for hydroxylation is 2. The van der Waals surface area contributed by atoms with E-state index in [1.807, 2.05) is 30.9 Å². The average Bonchev–Trinajstić information content (AvgIpc) is 2.93. The number of carbonyl (C=O) groups excluding carboxylic acids is 1. The third-order valence-electron chi connectivity index (χ3n) is 5.97. The zero-order valence-electron chi connectivity index (χ0n) is 18.3. The number of benzene rings is 1. The lowest BCUT2D eigenvalue weighted by molar-refractivity contribution is -0.131. The molecule has 0 bridgehead atoms. The maximum atomic E-state index is 12.9. The quantitative estimate of drug-likeness (QED) is 0.610. The van der Waals surface area contributed by atoms with Gasteiger partial charge in [0, 0.05) is 37.6 Å². The van der Waals surface area contributed by atoms with Gasteiger partial charge in [0.2, 0.25) is 5.91 Å². The Morgan fingerprint density at radius 3 is 2.65 bits per heavy atom. The fraction of sp³-hybridized carbons (Fsp3) is 0.435. The van der Waals surface area contributed by atoms with Gasteiger partial charge in [0.1, 0.15) is 17.1 Å². The molecule has 0 spiro atoms. The molecule has 0 aliphatic carbocycles. The summed E-state index contributed by atoms with van der Waals surface area (Å²) in [5.41, 5.74) is 2.06. The van der Waals surface area contributed by atoms with Gasteiger partial charge in [-0.05, 0) is 43.5 Å². The minimum atomic E-state index is -0.129. The van der Waals surface area contributed by atoms with E-state index in [-0.39, 0.29) is 18.0 Å². The van der Waals surface area contributed by atoms with Crippen LogP contribution in [0, 0.1) is 13.8 Å². The SMILES string of the molecule is COc1ccc(CN2CCCN(C(=O)Cn3cnc4sc(C)c(C)c4c3=O)CC2)cc1. The largest absolute Gasteiger partial charge is 0.497 e. The first-order valence-electron chi connectivity index (χ1n) is 10.5. The Morgan fingerprint density at radius 2 is 1.90 bits per heavy atom. The van der Waals surface area contributed by atoms with Crippen LogP contribution in [0.3, 0.4) is 0 Å². The zero-order valence-corrected chi connectivity index (χ0v) is 19.1. The van der Waals surface area contributed by atoms with E-state index >= 15 is 0 Å². The smallest absolute Gasteiger partial charge is 0.262 e. The van der Waals surface area contributed by atoms with Crippen molar-refractivity contribution in [2.24, 2.45) is 0 Å². The van der Waals surface area contributed by atoms with Gasteiger partial charge in [-0.3, -0.25) is 19.1 Å². The molecule has 164 valence electrons. The molecular weight excluding hydrogens is 412 g/mol. The third-order valence-corrected chi connectivity index (χ3v) is 7.08. The van der Waals surface area contributed by atoms with Crippen molar-refractivity contribution in [2.45, 2.75) is 33.4 Å². The number of rotatable bonds is 5. The van der Waals surface area contributed by atoms with Gasteiger partial charge in [-0.15, -0.1) is 11.3 Å². The van der Waals surface area contributed by atoms with Gasteiger partial charge in [-0.25, -0.2) is 4.98 Å². The Morgan fingerprint density at radius 1 is 1.13 bits per heavy atom. The molecule has 2 aromatic heterocycles. The van der Waals surface area contributed by atoms with Gasteiger partial charge in [0.25, 0.3) is 5.56 Å². The van der Waals surface area contributed by atoms with Gasteiger partial charge < -0.3 is 9.64 Å². The molecule has 0 saturated carbocycles. The topological polar surface area (TPSA) is 67.7 Å². The van der Waals surface area contributed by atoms with E-state index < -0.39 is 0 Å². The Bertz CT molecular complexity index is 1140. The molecule has 1 aliphatic heterocycles. The summed E-state index contributed by atoms with van der Waals surface area (Å²) in [7, 11) is 1.67. The third kappa shape index (κ3) is 4.65. The Kier molecular flexibility index (Phi) is 6.38. The summed E-state index contributed by atoms with van der Waals surface area (Å²) in [4.78, 5) is 36.3. The second-order valence-electron chi connectivity index (χ2n) is 8.00. The molecule has 1 amide bonds. The fourth-order valence-corrected chi connectivity index (χ4v) is 4.98. The number of ether oxygens (including phenoxy) is 1. The van der Waals surface area contributed by atoms with Gasteiger partial charge in [-0.2, -0.15) is 0 Å². The van der Waals surface area contributed by atoms with Crippen LogP contribution in [-0.4, -0.2) is 58.5 Å². The van der Waals surface area contributed by atoms with Gasteiger partial charge in [-0.1, -0.05) is 12.1 Å². The molecule has 7 nitrogen and oxygen atoms in total. The highest BCUT2D eigenvalue weighted by atomic mass is 32.1. The van der Waals surface area contributed by atoms with E-state index in [0.717, 1.165) is 47.1 Å². The van der Waals surface area contributed by atoms with Crippen molar-refractivity contribution in [3.63, 3.8) is 0 Å². The number of methoxy groups -OCH3 is 1. The number of amides is 1. The molecular formula is C23H28N4O3S. The molecule has 1 aliphatic rings. The van der Waals surface area contributed by atoms with Gasteiger partial charge in [0.05, 0.1) is 18.8 Å². The highest BCUT2D eigenvalue weighted by Crippen LogP contribution is 2.25. The van der Waals surface area contributed by atoms with Crippen molar-refractivity contribution >= 4 is 27.5 Å². The average molecular weight is 441 g/mol. The summed E-state index contributed by atoms with van der Waals surface area (Å²) in [5, 5.41) is 0.638. The van der Waals surface area contributed by atoms with Crippen molar-refractivity contribution < 1.29 is 9.53 Å². The van der Waals surface area contributed by atoms with Gasteiger partial charge >= 0.3 is 0 Å². The molecule has 1 aromatic carbocycles. The first-order chi connectivity index (χ1) is 15.0. The van der Waals surface area contributed by atoms with Crippen molar-refractivity contribution in [3.8, 4) is 5.75 Å². The normalized spacial score (nSPS) is 15.3. The monoisotopic (exact) mass is 440 g/mol. The van der Waals surface area contributed by atoms with Crippen molar-refractivity contribution in [2.75, 3.05) is 33.3 Å². The van der Waals surface area contributed by atoms with E-state index in [2.05, 4.69) is 22.0 Å². The molecule has 0 unspecified atom stereocenters. The number of thiophene rings is 1. The van der Waals surface area contributed by atoms with Crippen LogP contribution in [0.2, 0.25) is 0 Å². The second kappa shape index (κ2) is 9.20. The Hall–Kier alpha value is -2.71. The van der Waals surface area contributed by atoms with E-state index in [1.165, 1.54) is 27.8 Å². The number of nitrogens with zero attached hydrogens (tertiary/aromatic N) is 4. The van der Waals surface area contributed by atoms with Gasteiger partial charge in [0.15, 0.2) is 0 Å². The minimum Gasteiger partial charge on any atom is -0.497 e. The molecule has 0 radical (unpaired) electrons. The lowest BCUT2D eigenvalue weighted by Crippen LogP contribution is -2.39. The van der Waals surface area contributed by atoms with Crippen LogP contribution in [0.25, 0.3) is 10.2 Å². The highest BCUT2D eigenvalue weighted by molar-refractivity contribution is 7.18. The molecule has 1 saturated heterocycles. The van der Waals surface area contributed by atoms with E-state index in [9.17, 15) is 9.59 Å². The van der Waals surface area contributed by atoms with E-state index in [4.69, 9.17) is 4.74 Å². The summed E-state index contributed by atoms with van der Waals surface area (Å²) in [6.07, 6.45) is 2.42. The van der Waals surface area contributed by atoms with Crippen LogP contribution in [0.4, 0.5) is 0 Å². The van der Waals surface area contributed by atoms with Crippen LogP contribution >= 0.6 is 11.3 Å². The summed E-state index contributed by atoms with van der Waals surface area (Å²) in [6, 6.07) is 8.11. The molecule has 3 aromatic rings. The summed E-state index contributed by atoms with van der Waals surface area (Å²) in [6.45, 7) is 7.94. The number of fused-ring (bicyclic) bond motifs is 1. The maximum Gasteiger partial charge on any atom is 0.262 e. The molecule has 31 heavy (non-hydrogen) atoms. The van der Waals surface area contributed by atoms with Crippen LogP contribution in [0.5, 0.6) is 5.75 Å². The second-order valence-corrected chi connectivity index (χ2v) is 9.20. The predicted molar refractivity (Wildman–Crippen MR) is 123 cm³/mol. The Labute approximate surface area is 185 Å². The first kappa shape index (κ1) is 21.5. The lowest BCUT2D eigenvalue weighted by Gasteiger charge is -2.22. The Balaban J connectivity index is 1.39. The van der Waals surface area contributed by atoms with Crippen molar-refractivity contribution in [3.05, 3.63) is 57.0 Å². The standard InChI is InChI=1S/C23H28N4O3S/c1-16-17(2)31-22-21(16)23(29)27(15-24-22)14-20(28)26-10-4-9-25(11-12-26)13-18-5-7-19(30-3)8-6-18/h5-8,15H,4,9-14H2,1-3H3. The molecule has 8 heteroatoms. The molecule has 0 atom stereocenters. The van der Waals surface area contributed by atoms with E-state index in [0.29, 0.717) is 18.5 Å². The number of aromatic nitrogens is 2. The van der Waals surface area contributed by atoms with Crippen molar-refractivity contribution in [1.29, 1.82) is 0 Å². The van der Waals surface area contributed by atoms with E-state index in [1.54, 1.807) is 7.11 Å². The van der Waals surface area contributed by atoms with Crippen LogP contribution < -0.4 is 10.3 Å². The fourth-order valence-electron chi connectivity index (χ4n) is 4.00. The van der Waals surface area contributed by atoms with Crippen molar-refractivity contribution in [1.82, 2.24) is 19.4 Å². The maximum absolute atomic E-state index is 12.9. The lowest BCUT2D eigenvalue weighted by atomic mass is 10.2. The predicted octanol–water partition coefficient (Wildman–Crippen LogP) is 2.82. The molecule has 4 rings (SSSR count). The number of hydrogen-bond donors (Lipinski definition) is 0. The highest BCUT2D eigenvalue weighted by Gasteiger charge is 2.21.